The normalized spacial score (nSPS) is 13.0. The minimum atomic E-state index is 0.296. The maximum atomic E-state index is 3.25. The van der Waals surface area contributed by atoms with Crippen LogP contribution in [0, 0.1) is 5.41 Å². The van der Waals surface area contributed by atoms with Gasteiger partial charge < -0.3 is 5.32 Å². The number of rotatable bonds is 6. The third kappa shape index (κ3) is 5.11. The Labute approximate surface area is 117 Å². The fourth-order valence-corrected chi connectivity index (χ4v) is 3.03. The smallest absolute Gasteiger partial charge is 0.0102 e. The van der Waals surface area contributed by atoms with Crippen LogP contribution in [0.3, 0.4) is 0 Å². The third-order valence-corrected chi connectivity index (χ3v) is 5.07. The van der Waals surface area contributed by atoms with Crippen molar-refractivity contribution in [3.63, 3.8) is 0 Å². The zero-order valence-electron chi connectivity index (χ0n) is 12.9. The predicted molar refractivity (Wildman–Crippen MR) is 83.7 cm³/mol. The highest BCUT2D eigenvalue weighted by Gasteiger charge is 2.19. The number of hydrogen-bond donors (Lipinski definition) is 1. The van der Waals surface area contributed by atoms with Crippen molar-refractivity contribution in [2.75, 3.05) is 13.6 Å². The molecule has 1 N–H and O–H groups in total. The van der Waals surface area contributed by atoms with Gasteiger partial charge in [0.05, 0.1) is 0 Å². The molecule has 0 aliphatic heterocycles. The van der Waals surface area contributed by atoms with Crippen LogP contribution in [-0.2, 0) is 11.8 Å². The van der Waals surface area contributed by atoms with Gasteiger partial charge in [-0.3, -0.25) is 0 Å². The van der Waals surface area contributed by atoms with Gasteiger partial charge in [0.1, 0.15) is 0 Å². The van der Waals surface area contributed by atoms with Crippen LogP contribution >= 0.6 is 11.3 Å². The molecule has 0 unspecified atom stereocenters. The van der Waals surface area contributed by atoms with Gasteiger partial charge in [-0.25, -0.2) is 0 Å². The molecule has 0 atom stereocenters. The fraction of sp³-hybridized carbons (Fsp3) is 0.750. The molecule has 0 fully saturated rings. The van der Waals surface area contributed by atoms with Crippen LogP contribution in [0.4, 0.5) is 0 Å². The van der Waals surface area contributed by atoms with Crippen molar-refractivity contribution in [2.45, 2.75) is 59.3 Å². The lowest BCUT2D eigenvalue weighted by molar-refractivity contribution is 0.306. The summed E-state index contributed by atoms with van der Waals surface area (Å²) < 4.78 is 0. The summed E-state index contributed by atoms with van der Waals surface area (Å²) in [5.41, 5.74) is 0.736. The number of nitrogens with one attached hydrogen (secondary N) is 1. The van der Waals surface area contributed by atoms with Gasteiger partial charge in [0.15, 0.2) is 0 Å². The molecule has 0 bridgehead atoms. The number of aryl methyl sites for hydroxylation is 1. The summed E-state index contributed by atoms with van der Waals surface area (Å²) in [6, 6.07) is 4.62. The number of thiophene rings is 1. The minimum absolute atomic E-state index is 0.296. The molecule has 1 heterocycles. The van der Waals surface area contributed by atoms with E-state index in [1.54, 1.807) is 0 Å². The molecule has 0 saturated carbocycles. The van der Waals surface area contributed by atoms with E-state index in [0.717, 1.165) is 6.54 Å². The van der Waals surface area contributed by atoms with Crippen molar-refractivity contribution in [3.05, 3.63) is 21.9 Å². The summed E-state index contributed by atoms with van der Waals surface area (Å²) in [5.74, 6) is 0. The molecule has 0 aromatic carbocycles. The second kappa shape index (κ2) is 6.21. The predicted octanol–water partition coefficient (Wildman–Crippen LogP) is 4.61. The van der Waals surface area contributed by atoms with Gasteiger partial charge in [0.25, 0.3) is 0 Å². The summed E-state index contributed by atoms with van der Waals surface area (Å²) in [5, 5.41) is 3.25. The molecule has 0 aliphatic carbocycles. The third-order valence-electron chi connectivity index (χ3n) is 3.50. The Morgan fingerprint density at radius 1 is 1.06 bits per heavy atom. The Morgan fingerprint density at radius 3 is 2.22 bits per heavy atom. The van der Waals surface area contributed by atoms with E-state index in [0.29, 0.717) is 10.8 Å². The lowest BCUT2D eigenvalue weighted by atomic mass is 9.84. The summed E-state index contributed by atoms with van der Waals surface area (Å²) in [4.78, 5) is 3.04. The summed E-state index contributed by atoms with van der Waals surface area (Å²) in [7, 11) is 2.03. The quantitative estimate of drug-likeness (QED) is 0.793. The van der Waals surface area contributed by atoms with Gasteiger partial charge in [-0.1, -0.05) is 34.6 Å². The van der Waals surface area contributed by atoms with Crippen LogP contribution in [-0.4, -0.2) is 13.6 Å². The van der Waals surface area contributed by atoms with Crippen LogP contribution < -0.4 is 5.32 Å². The minimum Gasteiger partial charge on any atom is -0.320 e. The van der Waals surface area contributed by atoms with E-state index in [2.05, 4.69) is 52.1 Å². The SMILES string of the molecule is CNCCC(C)(C)CCc1ccc(C(C)(C)C)s1. The standard InChI is InChI=1S/C16H29NS/c1-15(2,3)14-8-7-13(18-14)9-10-16(4,5)11-12-17-6/h7-8,17H,9-12H2,1-6H3. The van der Waals surface area contributed by atoms with Crippen molar-refractivity contribution in [1.82, 2.24) is 5.32 Å². The van der Waals surface area contributed by atoms with Crippen LogP contribution in [0.15, 0.2) is 12.1 Å². The summed E-state index contributed by atoms with van der Waals surface area (Å²) in [6.07, 6.45) is 3.75. The molecule has 0 spiro atoms. The van der Waals surface area contributed by atoms with Crippen LogP contribution in [0.5, 0.6) is 0 Å². The van der Waals surface area contributed by atoms with Crippen LogP contribution in [0.25, 0.3) is 0 Å². The fourth-order valence-electron chi connectivity index (χ4n) is 1.97. The van der Waals surface area contributed by atoms with Gasteiger partial charge in [-0.05, 0) is 55.8 Å². The largest absolute Gasteiger partial charge is 0.320 e. The molecule has 104 valence electrons. The van der Waals surface area contributed by atoms with Gasteiger partial charge in [0, 0.05) is 9.75 Å². The van der Waals surface area contributed by atoms with Gasteiger partial charge in [0.2, 0.25) is 0 Å². The Morgan fingerprint density at radius 2 is 1.72 bits per heavy atom. The Kier molecular flexibility index (Phi) is 5.42. The zero-order valence-corrected chi connectivity index (χ0v) is 13.7. The Balaban J connectivity index is 2.51. The molecule has 1 nitrogen and oxygen atoms in total. The molecule has 1 rings (SSSR count). The summed E-state index contributed by atoms with van der Waals surface area (Å²) >= 11 is 1.99. The van der Waals surface area contributed by atoms with Gasteiger partial charge in [-0.2, -0.15) is 0 Å². The lowest BCUT2D eigenvalue weighted by Gasteiger charge is -2.24. The van der Waals surface area contributed by atoms with Crippen molar-refractivity contribution >= 4 is 11.3 Å². The van der Waals surface area contributed by atoms with Crippen molar-refractivity contribution in [2.24, 2.45) is 5.41 Å². The van der Waals surface area contributed by atoms with Crippen LogP contribution in [0.2, 0.25) is 0 Å². The average molecular weight is 267 g/mol. The molecule has 0 saturated heterocycles. The topological polar surface area (TPSA) is 12.0 Å². The van der Waals surface area contributed by atoms with Gasteiger partial charge in [-0.15, -0.1) is 11.3 Å². The maximum absolute atomic E-state index is 3.25. The van der Waals surface area contributed by atoms with Crippen molar-refractivity contribution in [3.8, 4) is 0 Å². The monoisotopic (exact) mass is 267 g/mol. The van der Waals surface area contributed by atoms with E-state index < -0.39 is 0 Å². The molecule has 0 amide bonds. The Bertz CT molecular complexity index is 357. The van der Waals surface area contributed by atoms with E-state index in [9.17, 15) is 0 Å². The second-order valence-electron chi connectivity index (χ2n) is 7.03. The van der Waals surface area contributed by atoms with Crippen molar-refractivity contribution < 1.29 is 0 Å². The lowest BCUT2D eigenvalue weighted by Crippen LogP contribution is -2.20. The molecule has 1 aromatic rings. The number of hydrogen-bond acceptors (Lipinski definition) is 2. The summed E-state index contributed by atoms with van der Waals surface area (Å²) in [6.45, 7) is 12.7. The van der Waals surface area contributed by atoms with E-state index >= 15 is 0 Å². The van der Waals surface area contributed by atoms with E-state index in [-0.39, 0.29) is 0 Å². The Hall–Kier alpha value is -0.340. The highest BCUT2D eigenvalue weighted by atomic mass is 32.1. The highest BCUT2D eigenvalue weighted by molar-refractivity contribution is 7.12. The molecular weight excluding hydrogens is 238 g/mol. The van der Waals surface area contributed by atoms with Crippen molar-refractivity contribution in [1.29, 1.82) is 0 Å². The van der Waals surface area contributed by atoms with E-state index in [1.165, 1.54) is 29.0 Å². The first-order valence-electron chi connectivity index (χ1n) is 6.98. The first-order valence-corrected chi connectivity index (χ1v) is 7.80. The molecular formula is C16H29NS. The van der Waals surface area contributed by atoms with E-state index in [4.69, 9.17) is 0 Å². The molecule has 18 heavy (non-hydrogen) atoms. The molecule has 2 heteroatoms. The average Bonchev–Trinajstić information content (AvgIpc) is 2.72. The highest BCUT2D eigenvalue weighted by Crippen LogP contribution is 2.32. The molecule has 0 aliphatic rings. The second-order valence-corrected chi connectivity index (χ2v) is 8.20. The first kappa shape index (κ1) is 15.7. The van der Waals surface area contributed by atoms with Gasteiger partial charge >= 0.3 is 0 Å². The zero-order chi connectivity index (χ0) is 13.8. The maximum Gasteiger partial charge on any atom is 0.0102 e. The molecule has 0 radical (unpaired) electrons. The molecule has 1 aromatic heterocycles. The van der Waals surface area contributed by atoms with Crippen LogP contribution in [0.1, 0.15) is 57.2 Å². The van der Waals surface area contributed by atoms with E-state index in [1.807, 2.05) is 18.4 Å². The first-order chi connectivity index (χ1) is 8.24.